The molecule has 2 heteroatoms. The molecule has 0 atom stereocenters. The van der Waals surface area contributed by atoms with Crippen LogP contribution in [0.2, 0.25) is 0 Å². The zero-order valence-corrected chi connectivity index (χ0v) is 30.8. The largest absolute Gasteiger partial charge is 0.455 e. The van der Waals surface area contributed by atoms with Gasteiger partial charge in [-0.1, -0.05) is 159 Å². The molecule has 1 heterocycles. The highest BCUT2D eigenvalue weighted by atomic mass is 16.3. The molecule has 260 valence electrons. The van der Waals surface area contributed by atoms with E-state index in [-0.39, 0.29) is 5.41 Å². The van der Waals surface area contributed by atoms with Gasteiger partial charge in [0.2, 0.25) is 0 Å². The summed E-state index contributed by atoms with van der Waals surface area (Å²) in [5.74, 6) is 0. The Hall–Kier alpha value is -6.90. The lowest BCUT2D eigenvalue weighted by Crippen LogP contribution is -2.16. The van der Waals surface area contributed by atoms with E-state index in [9.17, 15) is 0 Å². The summed E-state index contributed by atoms with van der Waals surface area (Å²) < 4.78 is 6.92. The number of hydrogen-bond acceptors (Lipinski definition) is 2. The fourth-order valence-corrected chi connectivity index (χ4v) is 9.21. The molecule has 0 amide bonds. The van der Waals surface area contributed by atoms with Crippen LogP contribution in [-0.2, 0) is 5.41 Å². The molecule has 10 aromatic rings. The lowest BCUT2D eigenvalue weighted by atomic mass is 9.82. The molecule has 0 spiro atoms. The zero-order valence-electron chi connectivity index (χ0n) is 30.8. The summed E-state index contributed by atoms with van der Waals surface area (Å²) in [5.41, 5.74) is 15.0. The average Bonchev–Trinajstić information content (AvgIpc) is 3.73. The quantitative estimate of drug-likeness (QED) is 0.177. The van der Waals surface area contributed by atoms with E-state index in [4.69, 9.17) is 4.42 Å². The number of benzene rings is 9. The molecular weight excluding hydrogens is 667 g/mol. The van der Waals surface area contributed by atoms with Crippen LogP contribution in [-0.4, -0.2) is 0 Å². The van der Waals surface area contributed by atoms with Crippen LogP contribution in [0.3, 0.4) is 0 Å². The molecule has 1 aromatic heterocycles. The monoisotopic (exact) mass is 703 g/mol. The summed E-state index contributed by atoms with van der Waals surface area (Å²) in [7, 11) is 0. The van der Waals surface area contributed by atoms with E-state index < -0.39 is 0 Å². The van der Waals surface area contributed by atoms with Gasteiger partial charge in [-0.25, -0.2) is 0 Å². The van der Waals surface area contributed by atoms with E-state index in [1.54, 1.807) is 0 Å². The van der Waals surface area contributed by atoms with Gasteiger partial charge < -0.3 is 9.32 Å². The van der Waals surface area contributed by atoms with E-state index in [0.717, 1.165) is 44.4 Å². The third kappa shape index (κ3) is 4.81. The minimum absolute atomic E-state index is 0.139. The van der Waals surface area contributed by atoms with Crippen molar-refractivity contribution < 1.29 is 4.42 Å². The Kier molecular flexibility index (Phi) is 6.93. The van der Waals surface area contributed by atoms with Crippen LogP contribution in [0.1, 0.15) is 25.0 Å². The molecule has 0 bridgehead atoms. The first-order chi connectivity index (χ1) is 27.0. The first kappa shape index (κ1) is 31.6. The molecule has 11 rings (SSSR count). The van der Waals surface area contributed by atoms with Crippen LogP contribution in [0, 0.1) is 0 Å². The molecule has 1 aliphatic carbocycles. The van der Waals surface area contributed by atoms with E-state index in [1.165, 1.54) is 60.7 Å². The normalized spacial score (nSPS) is 13.1. The molecule has 0 saturated heterocycles. The van der Waals surface area contributed by atoms with Gasteiger partial charge >= 0.3 is 0 Å². The van der Waals surface area contributed by atoms with Crippen LogP contribution >= 0.6 is 0 Å². The molecule has 1 aliphatic rings. The van der Waals surface area contributed by atoms with Gasteiger partial charge in [0, 0.05) is 27.6 Å². The summed E-state index contributed by atoms with van der Waals surface area (Å²) in [6.45, 7) is 4.71. The molecular formula is C53H37NO. The predicted molar refractivity (Wildman–Crippen MR) is 232 cm³/mol. The van der Waals surface area contributed by atoms with Gasteiger partial charge in [-0.15, -0.1) is 0 Å². The lowest BCUT2D eigenvalue weighted by molar-refractivity contribution is 0.660. The van der Waals surface area contributed by atoms with Crippen LogP contribution in [0.25, 0.3) is 76.9 Å². The van der Waals surface area contributed by atoms with Crippen LogP contribution < -0.4 is 4.90 Å². The SMILES string of the molecule is CC1(C)c2ccccc2-c2ccc(N(c3cccc(-c4ccccc4)c3)c3cccc4oc5c6ccccc6c(-c6cccc7ccccc67)cc5c34)cc21. The topological polar surface area (TPSA) is 16.4 Å². The second-order valence-electron chi connectivity index (χ2n) is 15.3. The Labute approximate surface area is 320 Å². The molecule has 0 fully saturated rings. The average molecular weight is 704 g/mol. The van der Waals surface area contributed by atoms with Gasteiger partial charge in [0.15, 0.2) is 0 Å². The summed E-state index contributed by atoms with van der Waals surface area (Å²) in [6.07, 6.45) is 0. The highest BCUT2D eigenvalue weighted by molar-refractivity contribution is 6.23. The summed E-state index contributed by atoms with van der Waals surface area (Å²) >= 11 is 0. The molecule has 0 radical (unpaired) electrons. The summed E-state index contributed by atoms with van der Waals surface area (Å²) in [4.78, 5) is 2.44. The van der Waals surface area contributed by atoms with Crippen molar-refractivity contribution in [3.05, 3.63) is 199 Å². The highest BCUT2D eigenvalue weighted by Crippen LogP contribution is 2.52. The first-order valence-corrected chi connectivity index (χ1v) is 19.1. The van der Waals surface area contributed by atoms with Crippen molar-refractivity contribution >= 4 is 60.5 Å². The van der Waals surface area contributed by atoms with Crippen LogP contribution in [0.15, 0.2) is 192 Å². The van der Waals surface area contributed by atoms with E-state index >= 15 is 0 Å². The van der Waals surface area contributed by atoms with Gasteiger partial charge in [-0.2, -0.15) is 0 Å². The van der Waals surface area contributed by atoms with Crippen molar-refractivity contribution in [1.82, 2.24) is 0 Å². The molecule has 9 aromatic carbocycles. The van der Waals surface area contributed by atoms with Crippen LogP contribution in [0.4, 0.5) is 17.1 Å². The van der Waals surface area contributed by atoms with Crippen molar-refractivity contribution in [3.8, 4) is 33.4 Å². The molecule has 55 heavy (non-hydrogen) atoms. The molecule has 0 saturated carbocycles. The van der Waals surface area contributed by atoms with Gasteiger partial charge in [-0.05, 0) is 103 Å². The third-order valence-corrected chi connectivity index (χ3v) is 11.8. The third-order valence-electron chi connectivity index (χ3n) is 11.8. The number of nitrogens with zero attached hydrogens (tertiary/aromatic N) is 1. The Morgan fingerprint density at radius 1 is 0.418 bits per heavy atom. The smallest absolute Gasteiger partial charge is 0.143 e. The van der Waals surface area contributed by atoms with Gasteiger partial charge in [-0.3, -0.25) is 0 Å². The second kappa shape index (κ2) is 12.1. The number of anilines is 3. The predicted octanol–water partition coefficient (Wildman–Crippen LogP) is 15.0. The minimum Gasteiger partial charge on any atom is -0.455 e. The summed E-state index contributed by atoms with van der Waals surface area (Å²) in [6, 6.07) is 68.4. The number of furan rings is 1. The van der Waals surface area contributed by atoms with Crippen molar-refractivity contribution in [2.45, 2.75) is 19.3 Å². The maximum atomic E-state index is 6.92. The van der Waals surface area contributed by atoms with Crippen molar-refractivity contribution in [3.63, 3.8) is 0 Å². The van der Waals surface area contributed by atoms with Crippen molar-refractivity contribution in [1.29, 1.82) is 0 Å². The number of rotatable bonds is 5. The maximum absolute atomic E-state index is 6.92. The lowest BCUT2D eigenvalue weighted by Gasteiger charge is -2.29. The molecule has 2 nitrogen and oxygen atoms in total. The molecule has 0 N–H and O–H groups in total. The van der Waals surface area contributed by atoms with Crippen molar-refractivity contribution in [2.75, 3.05) is 4.90 Å². The van der Waals surface area contributed by atoms with E-state index in [2.05, 4.69) is 207 Å². The number of fused-ring (bicyclic) bond motifs is 9. The van der Waals surface area contributed by atoms with Crippen LogP contribution in [0.5, 0.6) is 0 Å². The molecule has 0 unspecified atom stereocenters. The Morgan fingerprint density at radius 3 is 1.96 bits per heavy atom. The fraction of sp³-hybridized carbons (Fsp3) is 0.0566. The fourth-order valence-electron chi connectivity index (χ4n) is 9.21. The Balaban J connectivity index is 1.21. The standard InChI is InChI=1S/C53H37NO/c1-53(2)47-26-11-10-23-42(47)43-30-29-38(32-48(43)53)54(37-20-12-19-36(31-37)34-15-4-3-5-16-34)49-27-14-28-50-51(49)46-33-45(41-22-8-9-24-44(41)52(46)55-50)40-25-13-18-35-17-6-7-21-39(35)40/h3-33H,1-2H3. The first-order valence-electron chi connectivity index (χ1n) is 19.1. The van der Waals surface area contributed by atoms with E-state index in [0.29, 0.717) is 0 Å². The Morgan fingerprint density at radius 2 is 1.07 bits per heavy atom. The van der Waals surface area contributed by atoms with E-state index in [1.807, 2.05) is 0 Å². The van der Waals surface area contributed by atoms with Gasteiger partial charge in [0.1, 0.15) is 11.2 Å². The van der Waals surface area contributed by atoms with Gasteiger partial charge in [0.05, 0.1) is 11.1 Å². The minimum atomic E-state index is -0.139. The second-order valence-corrected chi connectivity index (χ2v) is 15.3. The zero-order chi connectivity index (χ0) is 36.7. The van der Waals surface area contributed by atoms with Gasteiger partial charge in [0.25, 0.3) is 0 Å². The molecule has 0 aliphatic heterocycles. The highest BCUT2D eigenvalue weighted by Gasteiger charge is 2.36. The summed E-state index contributed by atoms with van der Waals surface area (Å²) in [5, 5.41) is 6.96. The van der Waals surface area contributed by atoms with Crippen molar-refractivity contribution in [2.24, 2.45) is 0 Å². The Bertz CT molecular complexity index is 3130. The number of hydrogen-bond donors (Lipinski definition) is 0. The maximum Gasteiger partial charge on any atom is 0.143 e.